The van der Waals surface area contributed by atoms with Gasteiger partial charge in [0.05, 0.1) is 11.0 Å². The Bertz CT molecular complexity index is 441. The SMILES string of the molecule is Cc1cc2[nH]c(=O)[nH]c2cc1Br. The molecular weight excluding hydrogens is 220 g/mol. The highest BCUT2D eigenvalue weighted by Crippen LogP contribution is 2.20. The number of fused-ring (bicyclic) bond motifs is 1. The minimum Gasteiger partial charge on any atom is -0.306 e. The van der Waals surface area contributed by atoms with Crippen molar-refractivity contribution in [1.82, 2.24) is 9.97 Å². The molecule has 1 heterocycles. The van der Waals surface area contributed by atoms with Crippen LogP contribution < -0.4 is 5.69 Å². The summed E-state index contributed by atoms with van der Waals surface area (Å²) in [6.45, 7) is 1.98. The van der Waals surface area contributed by atoms with Crippen LogP contribution in [0.2, 0.25) is 0 Å². The molecule has 4 heteroatoms. The largest absolute Gasteiger partial charge is 0.323 e. The van der Waals surface area contributed by atoms with Crippen LogP contribution in [-0.4, -0.2) is 9.97 Å². The summed E-state index contributed by atoms with van der Waals surface area (Å²) in [6.07, 6.45) is 0. The molecule has 0 aliphatic heterocycles. The van der Waals surface area contributed by atoms with Crippen molar-refractivity contribution in [3.8, 4) is 0 Å². The van der Waals surface area contributed by atoms with Gasteiger partial charge in [0, 0.05) is 4.47 Å². The maximum atomic E-state index is 10.9. The van der Waals surface area contributed by atoms with Gasteiger partial charge >= 0.3 is 5.69 Å². The van der Waals surface area contributed by atoms with E-state index in [9.17, 15) is 4.79 Å². The molecule has 3 nitrogen and oxygen atoms in total. The molecule has 0 saturated carbocycles. The monoisotopic (exact) mass is 226 g/mol. The third-order valence-corrected chi connectivity index (χ3v) is 2.65. The van der Waals surface area contributed by atoms with Crippen LogP contribution in [0.1, 0.15) is 5.56 Å². The molecule has 0 bridgehead atoms. The summed E-state index contributed by atoms with van der Waals surface area (Å²) in [6, 6.07) is 3.82. The molecule has 0 radical (unpaired) electrons. The molecule has 1 aromatic heterocycles. The number of aryl methyl sites for hydroxylation is 1. The second-order valence-electron chi connectivity index (χ2n) is 2.73. The third kappa shape index (κ3) is 1.08. The fourth-order valence-electron chi connectivity index (χ4n) is 1.16. The van der Waals surface area contributed by atoms with Crippen molar-refractivity contribution >= 4 is 27.0 Å². The molecule has 62 valence electrons. The van der Waals surface area contributed by atoms with E-state index < -0.39 is 0 Å². The number of hydrogen-bond donors (Lipinski definition) is 2. The number of nitrogens with one attached hydrogen (secondary N) is 2. The zero-order valence-corrected chi connectivity index (χ0v) is 8.03. The lowest BCUT2D eigenvalue weighted by molar-refractivity contribution is 1.21. The third-order valence-electron chi connectivity index (χ3n) is 1.80. The average molecular weight is 227 g/mol. The minimum absolute atomic E-state index is 0.164. The van der Waals surface area contributed by atoms with Crippen LogP contribution in [0.15, 0.2) is 21.4 Å². The van der Waals surface area contributed by atoms with Gasteiger partial charge in [-0.25, -0.2) is 4.79 Å². The molecular formula is C8H7BrN2O. The number of H-pyrrole nitrogens is 2. The van der Waals surface area contributed by atoms with E-state index in [0.717, 1.165) is 21.1 Å². The Morgan fingerprint density at radius 3 is 2.50 bits per heavy atom. The van der Waals surface area contributed by atoms with Crippen molar-refractivity contribution in [3.05, 3.63) is 32.7 Å². The lowest BCUT2D eigenvalue weighted by atomic mass is 10.2. The fraction of sp³-hybridized carbons (Fsp3) is 0.125. The van der Waals surface area contributed by atoms with E-state index in [2.05, 4.69) is 25.9 Å². The van der Waals surface area contributed by atoms with Gasteiger partial charge in [0.25, 0.3) is 0 Å². The first-order valence-corrected chi connectivity index (χ1v) is 4.34. The molecule has 0 spiro atoms. The topological polar surface area (TPSA) is 48.6 Å². The molecule has 1 aromatic carbocycles. The highest BCUT2D eigenvalue weighted by molar-refractivity contribution is 9.10. The summed E-state index contributed by atoms with van der Waals surface area (Å²) >= 11 is 3.39. The fourth-order valence-corrected chi connectivity index (χ4v) is 1.51. The Morgan fingerprint density at radius 2 is 1.83 bits per heavy atom. The molecule has 0 saturated heterocycles. The van der Waals surface area contributed by atoms with Crippen molar-refractivity contribution in [1.29, 1.82) is 0 Å². The normalized spacial score (nSPS) is 10.8. The molecule has 0 fully saturated rings. The van der Waals surface area contributed by atoms with Crippen molar-refractivity contribution < 1.29 is 0 Å². The molecule has 2 N–H and O–H groups in total. The summed E-state index contributed by atoms with van der Waals surface area (Å²) < 4.78 is 1.00. The zero-order valence-electron chi connectivity index (χ0n) is 6.44. The lowest BCUT2D eigenvalue weighted by Crippen LogP contribution is -1.99. The molecule has 12 heavy (non-hydrogen) atoms. The van der Waals surface area contributed by atoms with Crippen LogP contribution in [0.5, 0.6) is 0 Å². The standard InChI is InChI=1S/C8H7BrN2O/c1-4-2-6-7(3-5(4)9)11-8(12)10-6/h2-3H,1H3,(H2,10,11,12). The molecule has 2 aromatic rings. The number of rotatable bonds is 0. The second-order valence-corrected chi connectivity index (χ2v) is 3.58. The van der Waals surface area contributed by atoms with E-state index in [1.54, 1.807) is 0 Å². The van der Waals surface area contributed by atoms with Gasteiger partial charge in [-0.15, -0.1) is 0 Å². The summed E-state index contributed by atoms with van der Waals surface area (Å²) in [4.78, 5) is 16.3. The van der Waals surface area contributed by atoms with E-state index in [1.165, 1.54) is 0 Å². The Balaban J connectivity index is 2.92. The number of halogens is 1. The number of aromatic amines is 2. The van der Waals surface area contributed by atoms with Gasteiger partial charge in [0.1, 0.15) is 0 Å². The lowest BCUT2D eigenvalue weighted by Gasteiger charge is -1.95. The maximum absolute atomic E-state index is 10.9. The molecule has 0 aliphatic rings. The van der Waals surface area contributed by atoms with Gasteiger partial charge in [-0.2, -0.15) is 0 Å². The van der Waals surface area contributed by atoms with Gasteiger partial charge in [0.2, 0.25) is 0 Å². The van der Waals surface area contributed by atoms with E-state index in [-0.39, 0.29) is 5.69 Å². The first-order chi connectivity index (χ1) is 5.66. The van der Waals surface area contributed by atoms with Gasteiger partial charge in [-0.3, -0.25) is 0 Å². The summed E-state index contributed by atoms with van der Waals surface area (Å²) in [5.74, 6) is 0. The zero-order chi connectivity index (χ0) is 8.72. The van der Waals surface area contributed by atoms with Gasteiger partial charge < -0.3 is 9.97 Å². The van der Waals surface area contributed by atoms with Gasteiger partial charge in [-0.05, 0) is 24.6 Å². The van der Waals surface area contributed by atoms with Gasteiger partial charge in [0.15, 0.2) is 0 Å². The second kappa shape index (κ2) is 2.48. The van der Waals surface area contributed by atoms with Crippen molar-refractivity contribution in [3.63, 3.8) is 0 Å². The predicted octanol–water partition coefficient (Wildman–Crippen LogP) is 1.93. The number of aromatic nitrogens is 2. The molecule has 0 unspecified atom stereocenters. The average Bonchev–Trinajstić information content (AvgIpc) is 2.30. The van der Waals surface area contributed by atoms with Crippen molar-refractivity contribution in [2.75, 3.05) is 0 Å². The summed E-state index contributed by atoms with van der Waals surface area (Å²) in [5.41, 5.74) is 2.62. The van der Waals surface area contributed by atoms with Gasteiger partial charge in [-0.1, -0.05) is 15.9 Å². The molecule has 2 rings (SSSR count). The van der Waals surface area contributed by atoms with Crippen LogP contribution in [0.3, 0.4) is 0 Å². The first kappa shape index (κ1) is 7.61. The van der Waals surface area contributed by atoms with Crippen molar-refractivity contribution in [2.45, 2.75) is 6.92 Å². The summed E-state index contributed by atoms with van der Waals surface area (Å²) in [7, 11) is 0. The quantitative estimate of drug-likeness (QED) is 0.709. The van der Waals surface area contributed by atoms with E-state index >= 15 is 0 Å². The molecule has 0 aliphatic carbocycles. The van der Waals surface area contributed by atoms with Crippen LogP contribution >= 0.6 is 15.9 Å². The highest BCUT2D eigenvalue weighted by Gasteiger charge is 2.00. The van der Waals surface area contributed by atoms with Crippen LogP contribution in [0.25, 0.3) is 11.0 Å². The predicted molar refractivity (Wildman–Crippen MR) is 51.4 cm³/mol. The van der Waals surface area contributed by atoms with Crippen LogP contribution in [-0.2, 0) is 0 Å². The maximum Gasteiger partial charge on any atom is 0.323 e. The number of benzene rings is 1. The van der Waals surface area contributed by atoms with E-state index in [4.69, 9.17) is 0 Å². The highest BCUT2D eigenvalue weighted by atomic mass is 79.9. The minimum atomic E-state index is -0.164. The molecule has 0 atom stereocenters. The molecule has 0 amide bonds. The Hall–Kier alpha value is -1.03. The summed E-state index contributed by atoms with van der Waals surface area (Å²) in [5, 5.41) is 0. The first-order valence-electron chi connectivity index (χ1n) is 3.55. The number of hydrogen-bond acceptors (Lipinski definition) is 1. The van der Waals surface area contributed by atoms with Crippen LogP contribution in [0.4, 0.5) is 0 Å². The number of imidazole rings is 1. The van der Waals surface area contributed by atoms with Crippen LogP contribution in [0, 0.1) is 6.92 Å². The Kier molecular flexibility index (Phi) is 1.58. The Morgan fingerprint density at radius 1 is 1.25 bits per heavy atom. The van der Waals surface area contributed by atoms with Crippen molar-refractivity contribution in [2.24, 2.45) is 0 Å². The Labute approximate surface area is 76.9 Å². The smallest absolute Gasteiger partial charge is 0.306 e. The van der Waals surface area contributed by atoms with E-state index in [1.807, 2.05) is 19.1 Å². The van der Waals surface area contributed by atoms with E-state index in [0.29, 0.717) is 0 Å².